The van der Waals surface area contributed by atoms with Gasteiger partial charge in [0.25, 0.3) is 0 Å². The van der Waals surface area contributed by atoms with Crippen molar-refractivity contribution in [3.8, 4) is 0 Å². The first-order valence-electron chi connectivity index (χ1n) is 6.69. The van der Waals surface area contributed by atoms with Gasteiger partial charge in [0.2, 0.25) is 0 Å². The van der Waals surface area contributed by atoms with Gasteiger partial charge in [0.15, 0.2) is 0 Å². The Bertz CT molecular complexity index is 176. The monoisotopic (exact) mass is 263 g/mol. The summed E-state index contributed by atoms with van der Waals surface area (Å²) in [6.45, 7) is 5.50. The van der Waals surface area contributed by atoms with Gasteiger partial charge in [-0.1, -0.05) is 0 Å². The second kappa shape index (κ2) is 11.9. The Morgan fingerprint density at radius 3 is 2.11 bits per heavy atom. The van der Waals surface area contributed by atoms with Gasteiger partial charge in [-0.05, 0) is 32.6 Å². The number of unbranched alkanes of at least 4 members (excludes halogenated alkanes) is 1. The van der Waals surface area contributed by atoms with Crippen LogP contribution in [0.2, 0.25) is 0 Å². The molecule has 1 atom stereocenters. The van der Waals surface area contributed by atoms with Crippen LogP contribution in [0.15, 0.2) is 0 Å². The van der Waals surface area contributed by atoms with Crippen molar-refractivity contribution in [2.45, 2.75) is 38.2 Å². The molecule has 0 fully saturated rings. The van der Waals surface area contributed by atoms with E-state index < -0.39 is 5.60 Å². The molecule has 0 heterocycles. The van der Waals surface area contributed by atoms with Crippen LogP contribution in [0, 0.1) is 0 Å². The number of ether oxygens (including phenoxy) is 3. The van der Waals surface area contributed by atoms with E-state index >= 15 is 0 Å². The molecule has 0 saturated heterocycles. The maximum absolute atomic E-state index is 9.67. The predicted octanol–water partition coefficient (Wildman–Crippen LogP) is 0.936. The molecule has 0 aliphatic heterocycles. The average molecular weight is 263 g/mol. The summed E-state index contributed by atoms with van der Waals surface area (Å²) in [6.07, 6.45) is 3.52. The van der Waals surface area contributed by atoms with E-state index in [1.807, 2.05) is 0 Å². The molecule has 110 valence electrons. The normalized spacial score (nSPS) is 14.7. The fraction of sp³-hybridized carbons (Fsp3) is 1.00. The second-order valence-electron chi connectivity index (χ2n) is 4.73. The van der Waals surface area contributed by atoms with Crippen LogP contribution in [0.1, 0.15) is 32.6 Å². The minimum Gasteiger partial charge on any atom is -0.389 e. The molecule has 0 bridgehead atoms. The highest BCUT2D eigenvalue weighted by Gasteiger charge is 2.16. The van der Waals surface area contributed by atoms with E-state index in [1.165, 1.54) is 0 Å². The van der Waals surface area contributed by atoms with Gasteiger partial charge in [0.1, 0.15) is 0 Å². The Labute approximate surface area is 111 Å². The van der Waals surface area contributed by atoms with Crippen molar-refractivity contribution >= 4 is 0 Å². The second-order valence-corrected chi connectivity index (χ2v) is 4.73. The quantitative estimate of drug-likeness (QED) is 0.484. The van der Waals surface area contributed by atoms with Crippen LogP contribution >= 0.6 is 0 Å². The Balaban J connectivity index is 3.08. The first kappa shape index (κ1) is 17.8. The van der Waals surface area contributed by atoms with Gasteiger partial charge in [-0.2, -0.15) is 0 Å². The summed E-state index contributed by atoms with van der Waals surface area (Å²) in [5.74, 6) is 0. The first-order chi connectivity index (χ1) is 8.62. The summed E-state index contributed by atoms with van der Waals surface area (Å²) < 4.78 is 15.7. The van der Waals surface area contributed by atoms with Crippen LogP contribution in [0.5, 0.6) is 0 Å². The van der Waals surface area contributed by atoms with Crippen molar-refractivity contribution in [1.82, 2.24) is 0 Å². The number of nitrogens with two attached hydrogens (primary N) is 1. The van der Waals surface area contributed by atoms with Crippen molar-refractivity contribution in [3.05, 3.63) is 0 Å². The fourth-order valence-electron chi connectivity index (χ4n) is 1.44. The lowest BCUT2D eigenvalue weighted by molar-refractivity contribution is 0.0325. The Kier molecular flexibility index (Phi) is 11.7. The van der Waals surface area contributed by atoms with Crippen molar-refractivity contribution in [2.75, 3.05) is 46.7 Å². The average Bonchev–Trinajstić information content (AvgIpc) is 2.36. The first-order valence-corrected chi connectivity index (χ1v) is 6.69. The number of hydrogen-bond donors (Lipinski definition) is 2. The smallest absolute Gasteiger partial charge is 0.0741 e. The van der Waals surface area contributed by atoms with Crippen molar-refractivity contribution < 1.29 is 19.3 Å². The SMILES string of the molecule is COCCCOCCOCCCCC(C)(O)CN. The van der Waals surface area contributed by atoms with Gasteiger partial charge in [-0.3, -0.25) is 0 Å². The number of methoxy groups -OCH3 is 1. The molecular formula is C13H29NO4. The molecule has 5 nitrogen and oxygen atoms in total. The predicted molar refractivity (Wildman–Crippen MR) is 71.7 cm³/mol. The molecule has 0 spiro atoms. The van der Waals surface area contributed by atoms with Crippen LogP contribution in [0.3, 0.4) is 0 Å². The topological polar surface area (TPSA) is 73.9 Å². The van der Waals surface area contributed by atoms with Gasteiger partial charge < -0.3 is 25.1 Å². The lowest BCUT2D eigenvalue weighted by Crippen LogP contribution is -2.33. The Morgan fingerprint density at radius 1 is 0.944 bits per heavy atom. The molecular weight excluding hydrogens is 234 g/mol. The van der Waals surface area contributed by atoms with E-state index in [4.69, 9.17) is 19.9 Å². The Hall–Kier alpha value is -0.200. The highest BCUT2D eigenvalue weighted by Crippen LogP contribution is 2.11. The van der Waals surface area contributed by atoms with E-state index in [9.17, 15) is 5.11 Å². The zero-order valence-electron chi connectivity index (χ0n) is 11.8. The summed E-state index contributed by atoms with van der Waals surface area (Å²) >= 11 is 0. The third-order valence-corrected chi connectivity index (χ3v) is 2.70. The Morgan fingerprint density at radius 2 is 1.56 bits per heavy atom. The standard InChI is InChI=1S/C13H29NO4/c1-13(15,12-14)6-3-4-8-17-10-11-18-9-5-7-16-2/h15H,3-12,14H2,1-2H3. The number of rotatable bonds is 13. The van der Waals surface area contributed by atoms with Crippen LogP contribution in [-0.4, -0.2) is 57.4 Å². The van der Waals surface area contributed by atoms with Gasteiger partial charge in [-0.15, -0.1) is 0 Å². The maximum atomic E-state index is 9.67. The summed E-state index contributed by atoms with van der Waals surface area (Å²) in [4.78, 5) is 0. The third-order valence-electron chi connectivity index (χ3n) is 2.70. The molecule has 0 amide bonds. The van der Waals surface area contributed by atoms with Crippen molar-refractivity contribution in [2.24, 2.45) is 5.73 Å². The zero-order valence-corrected chi connectivity index (χ0v) is 11.8. The molecule has 0 radical (unpaired) electrons. The lowest BCUT2D eigenvalue weighted by atomic mass is 10.00. The molecule has 0 aliphatic rings. The third kappa shape index (κ3) is 12.3. The summed E-state index contributed by atoms with van der Waals surface area (Å²) in [6, 6.07) is 0. The molecule has 0 aromatic rings. The summed E-state index contributed by atoms with van der Waals surface area (Å²) in [7, 11) is 1.69. The van der Waals surface area contributed by atoms with Gasteiger partial charge in [0.05, 0.1) is 18.8 Å². The van der Waals surface area contributed by atoms with Crippen LogP contribution in [0.4, 0.5) is 0 Å². The molecule has 1 unspecified atom stereocenters. The fourth-order valence-corrected chi connectivity index (χ4v) is 1.44. The van der Waals surface area contributed by atoms with E-state index in [0.717, 1.165) is 38.9 Å². The van der Waals surface area contributed by atoms with E-state index in [1.54, 1.807) is 14.0 Å². The van der Waals surface area contributed by atoms with Crippen LogP contribution in [-0.2, 0) is 14.2 Å². The van der Waals surface area contributed by atoms with Crippen molar-refractivity contribution in [1.29, 1.82) is 0 Å². The van der Waals surface area contributed by atoms with Crippen molar-refractivity contribution in [3.63, 3.8) is 0 Å². The lowest BCUT2D eigenvalue weighted by Gasteiger charge is -2.20. The molecule has 0 aromatic carbocycles. The van der Waals surface area contributed by atoms with Gasteiger partial charge >= 0.3 is 0 Å². The van der Waals surface area contributed by atoms with Crippen LogP contribution in [0.25, 0.3) is 0 Å². The molecule has 18 heavy (non-hydrogen) atoms. The van der Waals surface area contributed by atoms with E-state index in [0.29, 0.717) is 26.4 Å². The minimum atomic E-state index is -0.732. The van der Waals surface area contributed by atoms with E-state index in [-0.39, 0.29) is 0 Å². The van der Waals surface area contributed by atoms with Crippen LogP contribution < -0.4 is 5.73 Å². The molecule has 0 rings (SSSR count). The largest absolute Gasteiger partial charge is 0.389 e. The highest BCUT2D eigenvalue weighted by molar-refractivity contribution is 4.72. The van der Waals surface area contributed by atoms with Gasteiger partial charge in [0, 0.05) is 33.5 Å². The van der Waals surface area contributed by atoms with Gasteiger partial charge in [-0.25, -0.2) is 0 Å². The van der Waals surface area contributed by atoms with E-state index in [2.05, 4.69) is 0 Å². The minimum absolute atomic E-state index is 0.309. The zero-order chi connectivity index (χ0) is 13.7. The maximum Gasteiger partial charge on any atom is 0.0741 e. The molecule has 5 heteroatoms. The molecule has 3 N–H and O–H groups in total. The number of aliphatic hydroxyl groups is 1. The molecule has 0 aliphatic carbocycles. The molecule has 0 saturated carbocycles. The highest BCUT2D eigenvalue weighted by atomic mass is 16.5. The number of hydrogen-bond acceptors (Lipinski definition) is 5. The molecule has 0 aromatic heterocycles. The summed E-state index contributed by atoms with van der Waals surface area (Å²) in [5, 5.41) is 9.67. The summed E-state index contributed by atoms with van der Waals surface area (Å²) in [5.41, 5.74) is 4.70.